The zero-order chi connectivity index (χ0) is 14.5. The van der Waals surface area contributed by atoms with Gasteiger partial charge in [-0.2, -0.15) is 0 Å². The van der Waals surface area contributed by atoms with Crippen LogP contribution >= 0.6 is 6.89 Å². The molecule has 0 aromatic heterocycles. The second-order valence-corrected chi connectivity index (χ2v) is 7.84. The first-order chi connectivity index (χ1) is 10.4. The molecule has 3 heteroatoms. The zero-order valence-corrected chi connectivity index (χ0v) is 14.8. The van der Waals surface area contributed by atoms with Gasteiger partial charge in [0.05, 0.1) is 6.89 Å². The molecule has 0 bridgehead atoms. The topological polar surface area (TPSA) is 17.1 Å². The number of hydrogen-bond donors (Lipinski definition) is 0. The Balaban J connectivity index is 0.00000176. The molecule has 1 nitrogen and oxygen atoms in total. The summed E-state index contributed by atoms with van der Waals surface area (Å²) in [6.07, 6.45) is 0. The van der Waals surface area contributed by atoms with Crippen LogP contribution in [0.2, 0.25) is 0 Å². The van der Waals surface area contributed by atoms with Crippen molar-refractivity contribution in [1.82, 2.24) is 0 Å². The van der Waals surface area contributed by atoms with Crippen LogP contribution in [0.15, 0.2) is 91.0 Å². The molecule has 0 aliphatic rings. The SMILES string of the molecule is O=C=P(c1ccccc1)(c1ccccc1)c1ccccc1.[RhH3]. The third-order valence-electron chi connectivity index (χ3n) is 3.57. The van der Waals surface area contributed by atoms with Crippen LogP contribution < -0.4 is 15.9 Å². The summed E-state index contributed by atoms with van der Waals surface area (Å²) in [7, 11) is 0. The van der Waals surface area contributed by atoms with E-state index in [-0.39, 0.29) is 19.5 Å². The second kappa shape index (κ2) is 7.52. The minimum absolute atomic E-state index is 0. The van der Waals surface area contributed by atoms with Crippen LogP contribution in [-0.4, -0.2) is 5.66 Å². The van der Waals surface area contributed by atoms with E-state index in [0.717, 1.165) is 15.9 Å². The van der Waals surface area contributed by atoms with E-state index in [0.29, 0.717) is 0 Å². The van der Waals surface area contributed by atoms with Crippen molar-refractivity contribution in [1.29, 1.82) is 0 Å². The van der Waals surface area contributed by atoms with Crippen LogP contribution in [0.4, 0.5) is 0 Å². The monoisotopic (exact) mass is 396 g/mol. The van der Waals surface area contributed by atoms with Gasteiger partial charge in [-0.05, 0) is 15.9 Å². The average Bonchev–Trinajstić information content (AvgIpc) is 2.59. The van der Waals surface area contributed by atoms with Gasteiger partial charge in [0.15, 0.2) is 0 Å². The Labute approximate surface area is 143 Å². The summed E-state index contributed by atoms with van der Waals surface area (Å²) in [5.74, 6) is 0. The van der Waals surface area contributed by atoms with E-state index in [1.54, 1.807) is 0 Å². The Hall–Kier alpha value is -1.71. The molecule has 0 saturated heterocycles. The summed E-state index contributed by atoms with van der Waals surface area (Å²) in [6, 6.07) is 29.9. The summed E-state index contributed by atoms with van der Waals surface area (Å²) in [5.41, 5.74) is 2.43. The molecule has 0 N–H and O–H groups in total. The van der Waals surface area contributed by atoms with Crippen molar-refractivity contribution in [3.05, 3.63) is 91.0 Å². The van der Waals surface area contributed by atoms with Gasteiger partial charge in [0, 0.05) is 0 Å². The van der Waals surface area contributed by atoms with Crippen molar-refractivity contribution in [2.45, 2.75) is 0 Å². The zero-order valence-electron chi connectivity index (χ0n) is 11.9. The molecule has 3 aromatic carbocycles. The maximum atomic E-state index is 12.2. The summed E-state index contributed by atoms with van der Waals surface area (Å²) in [5, 5.41) is 3.12. The van der Waals surface area contributed by atoms with Gasteiger partial charge in [0.2, 0.25) is 0 Å². The van der Waals surface area contributed by atoms with Crippen molar-refractivity contribution in [2.24, 2.45) is 0 Å². The first-order valence-electron chi connectivity index (χ1n) is 6.83. The molecule has 22 heavy (non-hydrogen) atoms. The normalized spacial score (nSPS) is 10.4. The van der Waals surface area contributed by atoms with Gasteiger partial charge < -0.3 is 0 Å². The van der Waals surface area contributed by atoms with Crippen LogP contribution in [-0.2, 0) is 24.3 Å². The molecule has 0 heterocycles. The average molecular weight is 396 g/mol. The summed E-state index contributed by atoms with van der Waals surface area (Å²) in [4.78, 5) is 12.2. The molecule has 0 saturated carbocycles. The Morgan fingerprint density at radius 1 is 0.545 bits per heavy atom. The summed E-state index contributed by atoms with van der Waals surface area (Å²) < 4.78 is 0. The molecule has 3 rings (SSSR count). The van der Waals surface area contributed by atoms with Gasteiger partial charge in [0.1, 0.15) is 5.66 Å². The van der Waals surface area contributed by atoms with E-state index >= 15 is 0 Å². The van der Waals surface area contributed by atoms with Gasteiger partial charge in [-0.1, -0.05) is 91.0 Å². The predicted molar refractivity (Wildman–Crippen MR) is 95.0 cm³/mol. The quantitative estimate of drug-likeness (QED) is 0.491. The van der Waals surface area contributed by atoms with Gasteiger partial charge in [-0.25, -0.2) is 4.79 Å². The van der Waals surface area contributed by atoms with Gasteiger partial charge in [-0.15, -0.1) is 0 Å². The second-order valence-electron chi connectivity index (χ2n) is 4.77. The minimum atomic E-state index is -2.34. The van der Waals surface area contributed by atoms with Crippen molar-refractivity contribution in [2.75, 3.05) is 0 Å². The van der Waals surface area contributed by atoms with Crippen molar-refractivity contribution in [3.8, 4) is 0 Å². The number of carbonyl (C=O) groups excluding carboxylic acids is 1. The molecule has 0 spiro atoms. The van der Waals surface area contributed by atoms with E-state index in [9.17, 15) is 4.79 Å². The molecule has 0 aliphatic heterocycles. The van der Waals surface area contributed by atoms with E-state index in [1.165, 1.54) is 0 Å². The predicted octanol–water partition coefficient (Wildman–Crippen LogP) is 2.24. The van der Waals surface area contributed by atoms with Gasteiger partial charge >= 0.3 is 19.5 Å². The third-order valence-corrected chi connectivity index (χ3v) is 7.06. The fraction of sp³-hybridized carbons (Fsp3) is 0. The fourth-order valence-corrected chi connectivity index (χ4v) is 5.63. The standard InChI is InChI=1S/C19H15OP.Rh.3H/c20-16-21(17-10-4-1-5-11-17,18-12-6-2-7-13-18)19-14-8-3-9-15-19;;;;/h1-15H;;;;. The number of hydrogen-bond acceptors (Lipinski definition) is 1. The fourth-order valence-electron chi connectivity index (χ4n) is 2.56. The van der Waals surface area contributed by atoms with Crippen LogP contribution in [0.3, 0.4) is 0 Å². The van der Waals surface area contributed by atoms with Crippen LogP contribution in [0.1, 0.15) is 0 Å². The molecule has 3 aromatic rings. The summed E-state index contributed by atoms with van der Waals surface area (Å²) >= 11 is 0. The summed E-state index contributed by atoms with van der Waals surface area (Å²) in [6.45, 7) is -2.34. The molecule has 114 valence electrons. The van der Waals surface area contributed by atoms with E-state index in [2.05, 4.69) is 5.66 Å². The molecule has 0 amide bonds. The van der Waals surface area contributed by atoms with Crippen LogP contribution in [0.5, 0.6) is 0 Å². The van der Waals surface area contributed by atoms with E-state index < -0.39 is 6.89 Å². The van der Waals surface area contributed by atoms with E-state index in [4.69, 9.17) is 0 Å². The van der Waals surface area contributed by atoms with Crippen molar-refractivity contribution in [3.63, 3.8) is 0 Å². The third kappa shape index (κ3) is 2.92. The maximum absolute atomic E-state index is 12.2. The number of benzene rings is 3. The molecule has 0 atom stereocenters. The molecule has 0 fully saturated rings. The first kappa shape index (κ1) is 16.7. The van der Waals surface area contributed by atoms with E-state index in [1.807, 2.05) is 91.0 Å². The molecular formula is C19H18OPRh. The van der Waals surface area contributed by atoms with Crippen LogP contribution in [0, 0.1) is 0 Å². The first-order valence-corrected chi connectivity index (χ1v) is 8.62. The Morgan fingerprint density at radius 3 is 1.05 bits per heavy atom. The van der Waals surface area contributed by atoms with Gasteiger partial charge in [0.25, 0.3) is 0 Å². The Kier molecular flexibility index (Phi) is 5.70. The number of rotatable bonds is 3. The molecule has 0 aliphatic carbocycles. The molecule has 1 radical (unpaired) electrons. The molecular weight excluding hydrogens is 378 g/mol. The van der Waals surface area contributed by atoms with Crippen molar-refractivity contribution < 1.29 is 24.3 Å². The Bertz CT molecular complexity index is 691. The van der Waals surface area contributed by atoms with Crippen molar-refractivity contribution >= 4 is 28.5 Å². The Morgan fingerprint density at radius 2 is 0.818 bits per heavy atom. The van der Waals surface area contributed by atoms with Crippen LogP contribution in [0.25, 0.3) is 0 Å². The molecule has 0 unspecified atom stereocenters. The van der Waals surface area contributed by atoms with Gasteiger partial charge in [-0.3, -0.25) is 0 Å².